The molecule has 1 aliphatic heterocycles. The molecule has 1 aliphatic rings. The lowest BCUT2D eigenvalue weighted by atomic mass is 10.1. The number of hydrogen-bond donors (Lipinski definition) is 1. The van der Waals surface area contributed by atoms with Crippen LogP contribution >= 0.6 is 0 Å². The molecule has 2 N–H and O–H groups in total. The van der Waals surface area contributed by atoms with Crippen molar-refractivity contribution in [1.29, 1.82) is 0 Å². The minimum Gasteiger partial charge on any atom is -0.326 e. The van der Waals surface area contributed by atoms with E-state index in [0.29, 0.717) is 0 Å². The average Bonchev–Trinajstić information content (AvgIpc) is 3.01. The summed E-state index contributed by atoms with van der Waals surface area (Å²) in [4.78, 5) is 0. The van der Waals surface area contributed by atoms with E-state index in [1.54, 1.807) is 0 Å². The smallest absolute Gasteiger partial charge is 0.167 e. The Bertz CT molecular complexity index is 741. The van der Waals surface area contributed by atoms with Gasteiger partial charge in [-0.1, -0.05) is 6.07 Å². The summed E-state index contributed by atoms with van der Waals surface area (Å²) in [6.07, 6.45) is 5.64. The quantitative estimate of drug-likeness (QED) is 0.699. The fourth-order valence-electron chi connectivity index (χ4n) is 2.66. The van der Waals surface area contributed by atoms with Crippen molar-refractivity contribution in [3.8, 4) is 11.4 Å². The largest absolute Gasteiger partial charge is 0.326 e. The Labute approximate surface area is 109 Å². The maximum atomic E-state index is 6.05. The molecule has 6 heteroatoms. The monoisotopic (exact) mass is 254 g/mol. The predicted molar refractivity (Wildman–Crippen MR) is 70.5 cm³/mol. The zero-order valence-corrected chi connectivity index (χ0v) is 10.4. The van der Waals surface area contributed by atoms with Crippen LogP contribution in [0.4, 0.5) is 0 Å². The molecule has 0 aromatic carbocycles. The lowest BCUT2D eigenvalue weighted by Gasteiger charge is -2.20. The van der Waals surface area contributed by atoms with Crippen molar-refractivity contribution >= 4 is 5.52 Å². The Morgan fingerprint density at radius 3 is 3.16 bits per heavy atom. The van der Waals surface area contributed by atoms with Gasteiger partial charge in [0.2, 0.25) is 0 Å². The number of rotatable bonds is 1. The van der Waals surface area contributed by atoms with Crippen LogP contribution in [0.1, 0.15) is 12.2 Å². The van der Waals surface area contributed by atoms with Crippen molar-refractivity contribution in [3.63, 3.8) is 0 Å². The first kappa shape index (κ1) is 10.7. The molecule has 1 atom stereocenters. The first-order valence-electron chi connectivity index (χ1n) is 6.43. The minimum atomic E-state index is 0.184. The molecule has 4 heterocycles. The number of pyridine rings is 1. The molecule has 0 radical (unpaired) electrons. The molecule has 0 saturated carbocycles. The summed E-state index contributed by atoms with van der Waals surface area (Å²) in [6.45, 7) is 0.780. The number of nitrogens with two attached hydrogens (primary N) is 1. The standard InChI is InChI=1S/C13H14N6/c14-9-4-5-12-16-17-13(18(12)8-9)10-7-15-19-6-2-1-3-11(10)19/h1-3,6-7,9H,4-5,8,14H2. The molecule has 96 valence electrons. The van der Waals surface area contributed by atoms with Gasteiger partial charge in [0.1, 0.15) is 5.82 Å². The Morgan fingerprint density at radius 2 is 2.21 bits per heavy atom. The minimum absolute atomic E-state index is 0.184. The van der Waals surface area contributed by atoms with E-state index in [1.807, 2.05) is 35.1 Å². The molecule has 19 heavy (non-hydrogen) atoms. The molecule has 0 bridgehead atoms. The zero-order chi connectivity index (χ0) is 12.8. The van der Waals surface area contributed by atoms with Gasteiger partial charge in [-0.25, -0.2) is 4.52 Å². The first-order valence-corrected chi connectivity index (χ1v) is 6.43. The van der Waals surface area contributed by atoms with Crippen LogP contribution in [0.2, 0.25) is 0 Å². The Kier molecular flexibility index (Phi) is 2.19. The summed E-state index contributed by atoms with van der Waals surface area (Å²) >= 11 is 0. The molecule has 0 spiro atoms. The third kappa shape index (κ3) is 1.57. The molecule has 0 fully saturated rings. The summed E-state index contributed by atoms with van der Waals surface area (Å²) in [5.41, 5.74) is 8.09. The second-order valence-electron chi connectivity index (χ2n) is 4.94. The van der Waals surface area contributed by atoms with Gasteiger partial charge in [0, 0.05) is 25.2 Å². The first-order chi connectivity index (χ1) is 9.33. The highest BCUT2D eigenvalue weighted by Crippen LogP contribution is 2.25. The highest BCUT2D eigenvalue weighted by molar-refractivity contribution is 5.75. The number of aromatic nitrogens is 5. The van der Waals surface area contributed by atoms with E-state index < -0.39 is 0 Å². The van der Waals surface area contributed by atoms with Crippen LogP contribution in [0.25, 0.3) is 16.9 Å². The van der Waals surface area contributed by atoms with Crippen molar-refractivity contribution in [2.75, 3.05) is 0 Å². The molecular formula is C13H14N6. The van der Waals surface area contributed by atoms with E-state index in [1.165, 1.54) is 0 Å². The van der Waals surface area contributed by atoms with Gasteiger partial charge in [-0.15, -0.1) is 10.2 Å². The lowest BCUT2D eigenvalue weighted by Crippen LogP contribution is -2.32. The van der Waals surface area contributed by atoms with Crippen molar-refractivity contribution in [1.82, 2.24) is 24.4 Å². The van der Waals surface area contributed by atoms with Crippen LogP contribution in [0.3, 0.4) is 0 Å². The van der Waals surface area contributed by atoms with E-state index in [9.17, 15) is 0 Å². The zero-order valence-electron chi connectivity index (χ0n) is 10.4. The molecule has 4 rings (SSSR count). The van der Waals surface area contributed by atoms with Crippen LogP contribution in [0, 0.1) is 0 Å². The topological polar surface area (TPSA) is 74.0 Å². The summed E-state index contributed by atoms with van der Waals surface area (Å²) in [5.74, 6) is 1.89. The van der Waals surface area contributed by atoms with Gasteiger partial charge < -0.3 is 10.3 Å². The third-order valence-electron chi connectivity index (χ3n) is 3.65. The number of fused-ring (bicyclic) bond motifs is 2. The van der Waals surface area contributed by atoms with E-state index in [4.69, 9.17) is 5.73 Å². The Morgan fingerprint density at radius 1 is 1.26 bits per heavy atom. The van der Waals surface area contributed by atoms with E-state index in [-0.39, 0.29) is 6.04 Å². The van der Waals surface area contributed by atoms with E-state index in [0.717, 1.165) is 42.1 Å². The number of aryl methyl sites for hydroxylation is 1. The van der Waals surface area contributed by atoms with Crippen molar-refractivity contribution in [3.05, 3.63) is 36.4 Å². The van der Waals surface area contributed by atoms with Crippen LogP contribution in [0.15, 0.2) is 30.6 Å². The fourth-order valence-corrected chi connectivity index (χ4v) is 2.66. The normalized spacial score (nSPS) is 18.7. The van der Waals surface area contributed by atoms with Crippen LogP contribution in [-0.2, 0) is 13.0 Å². The molecule has 0 saturated heterocycles. The molecule has 3 aromatic rings. The highest BCUT2D eigenvalue weighted by atomic mass is 15.3. The van der Waals surface area contributed by atoms with E-state index in [2.05, 4.69) is 19.9 Å². The molecule has 3 aromatic heterocycles. The number of nitrogens with zero attached hydrogens (tertiary/aromatic N) is 5. The van der Waals surface area contributed by atoms with Gasteiger partial charge in [-0.05, 0) is 18.6 Å². The highest BCUT2D eigenvalue weighted by Gasteiger charge is 2.22. The molecule has 6 nitrogen and oxygen atoms in total. The molecule has 1 unspecified atom stereocenters. The van der Waals surface area contributed by atoms with Crippen LogP contribution < -0.4 is 5.73 Å². The SMILES string of the molecule is NC1CCc2nnc(-c3cnn4ccccc34)n2C1. The fraction of sp³-hybridized carbons (Fsp3) is 0.308. The summed E-state index contributed by atoms with van der Waals surface area (Å²) in [7, 11) is 0. The Balaban J connectivity index is 1.91. The van der Waals surface area contributed by atoms with Crippen molar-refractivity contribution < 1.29 is 0 Å². The molecule has 0 aliphatic carbocycles. The van der Waals surface area contributed by atoms with Gasteiger partial charge >= 0.3 is 0 Å². The predicted octanol–water partition coefficient (Wildman–Crippen LogP) is 0.866. The molecule has 0 amide bonds. The van der Waals surface area contributed by atoms with Gasteiger partial charge in [-0.2, -0.15) is 5.10 Å². The van der Waals surface area contributed by atoms with Gasteiger partial charge in [0.25, 0.3) is 0 Å². The molecular weight excluding hydrogens is 240 g/mol. The number of hydrogen-bond acceptors (Lipinski definition) is 4. The van der Waals surface area contributed by atoms with Crippen molar-refractivity contribution in [2.45, 2.75) is 25.4 Å². The lowest BCUT2D eigenvalue weighted by molar-refractivity contribution is 0.456. The van der Waals surface area contributed by atoms with Crippen molar-refractivity contribution in [2.24, 2.45) is 5.73 Å². The average molecular weight is 254 g/mol. The van der Waals surface area contributed by atoms with Crippen LogP contribution in [-0.4, -0.2) is 30.4 Å². The van der Waals surface area contributed by atoms with Gasteiger partial charge in [0.15, 0.2) is 5.82 Å². The summed E-state index contributed by atoms with van der Waals surface area (Å²) < 4.78 is 3.97. The maximum Gasteiger partial charge on any atom is 0.167 e. The second-order valence-corrected chi connectivity index (χ2v) is 4.94. The maximum absolute atomic E-state index is 6.05. The second kappa shape index (κ2) is 3.89. The van der Waals surface area contributed by atoms with Gasteiger partial charge in [-0.3, -0.25) is 0 Å². The summed E-state index contributed by atoms with van der Waals surface area (Å²) in [6, 6.07) is 6.18. The Hall–Kier alpha value is -2.21. The van der Waals surface area contributed by atoms with Gasteiger partial charge in [0.05, 0.1) is 17.3 Å². The van der Waals surface area contributed by atoms with E-state index >= 15 is 0 Å². The third-order valence-corrected chi connectivity index (χ3v) is 3.65. The summed E-state index contributed by atoms with van der Waals surface area (Å²) in [5, 5.41) is 13.0. The van der Waals surface area contributed by atoms with Crippen LogP contribution in [0.5, 0.6) is 0 Å².